The minimum absolute atomic E-state index is 0.438. The molecule has 1 atom stereocenters. The van der Waals surface area contributed by atoms with Crippen LogP contribution >= 0.6 is 0 Å². The summed E-state index contributed by atoms with van der Waals surface area (Å²) in [5.74, 6) is 0. The van der Waals surface area contributed by atoms with Gasteiger partial charge in [-0.05, 0) is 44.7 Å². The van der Waals surface area contributed by atoms with Crippen molar-refractivity contribution in [1.29, 1.82) is 0 Å². The van der Waals surface area contributed by atoms with Gasteiger partial charge in [0.2, 0.25) is 0 Å². The van der Waals surface area contributed by atoms with E-state index in [9.17, 15) is 9.90 Å². The lowest BCUT2D eigenvalue weighted by Crippen LogP contribution is -2.36. The van der Waals surface area contributed by atoms with Gasteiger partial charge in [-0.1, -0.05) is 37.4 Å². The summed E-state index contributed by atoms with van der Waals surface area (Å²) in [6, 6.07) is 1.95. The number of carbonyl (C=O) groups is 1. The van der Waals surface area contributed by atoms with Crippen LogP contribution in [-0.4, -0.2) is 19.5 Å². The lowest BCUT2D eigenvalue weighted by atomic mass is 10.1. The van der Waals surface area contributed by atoms with E-state index in [1.807, 2.05) is 26.0 Å². The summed E-state index contributed by atoms with van der Waals surface area (Å²) in [6.07, 6.45) is 7.85. The van der Waals surface area contributed by atoms with E-state index in [1.165, 1.54) is 5.57 Å². The average molecular weight is 321 g/mol. The van der Waals surface area contributed by atoms with Gasteiger partial charge in [-0.3, -0.25) is 4.79 Å². The number of rotatable bonds is 8. The number of aliphatic hydroxyl groups is 1. The van der Waals surface area contributed by atoms with Crippen LogP contribution in [0.5, 0.6) is 0 Å². The van der Waals surface area contributed by atoms with Gasteiger partial charge in [0, 0.05) is 5.56 Å². The minimum atomic E-state index is -1.49. The number of hydrogen-bond donors (Lipinski definition) is 1. The maximum Gasteiger partial charge on any atom is 0.145 e. The van der Waals surface area contributed by atoms with E-state index in [-0.39, 0.29) is 0 Å². The fourth-order valence-electron chi connectivity index (χ4n) is 2.05. The SMILES string of the molecule is CC(C)=CCCC(C=O)=CCC(O)c1coc([Si](C)(C)C)c1. The molecule has 0 aliphatic rings. The highest BCUT2D eigenvalue weighted by atomic mass is 28.3. The number of aliphatic hydroxyl groups excluding tert-OH is 1. The molecule has 0 aliphatic heterocycles. The van der Waals surface area contributed by atoms with Crippen LogP contribution < -0.4 is 5.38 Å². The molecule has 0 aliphatic carbocycles. The predicted molar refractivity (Wildman–Crippen MR) is 94.1 cm³/mol. The zero-order chi connectivity index (χ0) is 16.8. The molecule has 1 unspecified atom stereocenters. The second-order valence-corrected chi connectivity index (χ2v) is 12.0. The second kappa shape index (κ2) is 8.29. The molecule has 0 saturated carbocycles. The zero-order valence-electron chi connectivity index (χ0n) is 14.3. The van der Waals surface area contributed by atoms with E-state index in [0.29, 0.717) is 12.8 Å². The number of hydrogen-bond acceptors (Lipinski definition) is 3. The number of aldehydes is 1. The minimum Gasteiger partial charge on any atom is -0.474 e. The Morgan fingerprint density at radius 2 is 2.00 bits per heavy atom. The van der Waals surface area contributed by atoms with E-state index in [2.05, 4.69) is 25.7 Å². The van der Waals surface area contributed by atoms with Crippen LogP contribution in [0.3, 0.4) is 0 Å². The van der Waals surface area contributed by atoms with E-state index < -0.39 is 14.2 Å². The monoisotopic (exact) mass is 320 g/mol. The van der Waals surface area contributed by atoms with Gasteiger partial charge < -0.3 is 9.52 Å². The Kier molecular flexibility index (Phi) is 7.03. The molecule has 0 spiro atoms. The van der Waals surface area contributed by atoms with Crippen molar-refractivity contribution in [3.63, 3.8) is 0 Å². The molecule has 4 heteroatoms. The van der Waals surface area contributed by atoms with Gasteiger partial charge in [0.05, 0.1) is 17.8 Å². The summed E-state index contributed by atoms with van der Waals surface area (Å²) in [5, 5.41) is 11.2. The van der Waals surface area contributed by atoms with Crippen LogP contribution in [0.2, 0.25) is 19.6 Å². The van der Waals surface area contributed by atoms with Crippen molar-refractivity contribution in [3.05, 3.63) is 41.2 Å². The quantitative estimate of drug-likeness (QED) is 0.339. The highest BCUT2D eigenvalue weighted by molar-refractivity contribution is 6.87. The van der Waals surface area contributed by atoms with Crippen molar-refractivity contribution in [1.82, 2.24) is 0 Å². The molecule has 122 valence electrons. The van der Waals surface area contributed by atoms with Crippen molar-refractivity contribution in [3.8, 4) is 0 Å². The molecule has 0 radical (unpaired) electrons. The molecule has 1 rings (SSSR count). The highest BCUT2D eigenvalue weighted by Crippen LogP contribution is 2.20. The van der Waals surface area contributed by atoms with E-state index in [0.717, 1.165) is 29.2 Å². The van der Waals surface area contributed by atoms with Crippen molar-refractivity contribution >= 4 is 19.7 Å². The highest BCUT2D eigenvalue weighted by Gasteiger charge is 2.22. The maximum atomic E-state index is 11.1. The molecule has 1 heterocycles. The Morgan fingerprint density at radius 1 is 1.32 bits per heavy atom. The first-order valence-electron chi connectivity index (χ1n) is 7.78. The lowest BCUT2D eigenvalue weighted by molar-refractivity contribution is -0.105. The molecule has 0 saturated heterocycles. The smallest absolute Gasteiger partial charge is 0.145 e. The number of allylic oxidation sites excluding steroid dienone is 3. The van der Waals surface area contributed by atoms with Gasteiger partial charge in [0.25, 0.3) is 0 Å². The average Bonchev–Trinajstić information content (AvgIpc) is 2.91. The normalized spacial score (nSPS) is 13.8. The van der Waals surface area contributed by atoms with Gasteiger partial charge in [-0.2, -0.15) is 0 Å². The molecule has 0 fully saturated rings. The molecule has 1 aromatic heterocycles. The van der Waals surface area contributed by atoms with Gasteiger partial charge in [-0.25, -0.2) is 0 Å². The Hall–Kier alpha value is -1.39. The standard InChI is InChI=1S/C18H28O3Si/c1-14(2)7-6-8-15(12-19)9-10-17(20)16-11-18(21-13-16)22(3,4)5/h7,9,11-13,17,20H,6,8,10H2,1-5H3. The van der Waals surface area contributed by atoms with Crippen LogP contribution in [0.15, 0.2) is 40.0 Å². The third-order valence-corrected chi connectivity index (χ3v) is 5.22. The maximum absolute atomic E-state index is 11.1. The van der Waals surface area contributed by atoms with Crippen LogP contribution in [0.25, 0.3) is 0 Å². The molecule has 0 bridgehead atoms. The van der Waals surface area contributed by atoms with E-state index in [4.69, 9.17) is 4.42 Å². The van der Waals surface area contributed by atoms with Crippen LogP contribution in [0.1, 0.15) is 44.8 Å². The van der Waals surface area contributed by atoms with E-state index >= 15 is 0 Å². The Balaban J connectivity index is 2.64. The third-order valence-electron chi connectivity index (χ3n) is 3.48. The first-order valence-corrected chi connectivity index (χ1v) is 11.3. The molecular formula is C18H28O3Si. The molecule has 22 heavy (non-hydrogen) atoms. The number of furan rings is 1. The van der Waals surface area contributed by atoms with E-state index in [1.54, 1.807) is 6.26 Å². The lowest BCUT2D eigenvalue weighted by Gasteiger charge is -2.11. The summed E-state index contributed by atoms with van der Waals surface area (Å²) in [6.45, 7) is 10.7. The van der Waals surface area contributed by atoms with Crippen molar-refractivity contribution in [2.45, 2.75) is 58.9 Å². The number of carbonyl (C=O) groups excluding carboxylic acids is 1. The largest absolute Gasteiger partial charge is 0.474 e. The molecular weight excluding hydrogens is 292 g/mol. The Bertz CT molecular complexity index is 543. The van der Waals surface area contributed by atoms with Crippen LogP contribution in [0.4, 0.5) is 0 Å². The summed E-state index contributed by atoms with van der Waals surface area (Å²) in [4.78, 5) is 11.1. The van der Waals surface area contributed by atoms with Gasteiger partial charge in [-0.15, -0.1) is 0 Å². The van der Waals surface area contributed by atoms with Crippen molar-refractivity contribution < 1.29 is 14.3 Å². The topological polar surface area (TPSA) is 50.4 Å². The fourth-order valence-corrected chi connectivity index (χ4v) is 3.07. The summed E-state index contributed by atoms with van der Waals surface area (Å²) < 4.78 is 5.58. The Morgan fingerprint density at radius 3 is 2.50 bits per heavy atom. The van der Waals surface area contributed by atoms with Gasteiger partial charge in [0.1, 0.15) is 14.4 Å². The predicted octanol–water partition coefficient (Wildman–Crippen LogP) is 4.12. The molecule has 1 aromatic rings. The molecule has 1 N–H and O–H groups in total. The van der Waals surface area contributed by atoms with Gasteiger partial charge in [0.15, 0.2) is 0 Å². The first kappa shape index (κ1) is 18.7. The Labute approximate surface area is 134 Å². The van der Waals surface area contributed by atoms with Crippen molar-refractivity contribution in [2.75, 3.05) is 0 Å². The third kappa shape index (κ3) is 6.16. The summed E-state index contributed by atoms with van der Waals surface area (Å²) >= 11 is 0. The van der Waals surface area contributed by atoms with Gasteiger partial charge >= 0.3 is 0 Å². The zero-order valence-corrected chi connectivity index (χ0v) is 15.3. The second-order valence-electron chi connectivity index (χ2n) is 6.96. The first-order chi connectivity index (χ1) is 10.2. The van der Waals surface area contributed by atoms with Crippen LogP contribution in [0, 0.1) is 0 Å². The van der Waals surface area contributed by atoms with Crippen molar-refractivity contribution in [2.24, 2.45) is 0 Å². The molecule has 0 amide bonds. The van der Waals surface area contributed by atoms with Crippen LogP contribution in [-0.2, 0) is 4.79 Å². The fraction of sp³-hybridized carbons (Fsp3) is 0.500. The summed E-state index contributed by atoms with van der Waals surface area (Å²) in [7, 11) is -1.49. The summed E-state index contributed by atoms with van der Waals surface area (Å²) in [5.41, 5.74) is 2.79. The molecule has 0 aromatic carbocycles. The molecule has 3 nitrogen and oxygen atoms in total.